The molecule has 28 heavy (non-hydrogen) atoms. The molecule has 0 aliphatic heterocycles. The van der Waals surface area contributed by atoms with Gasteiger partial charge in [0.2, 0.25) is 0 Å². The second-order valence-corrected chi connectivity index (χ2v) is 5.97. The van der Waals surface area contributed by atoms with E-state index in [1.165, 1.54) is 30.0 Å². The molecular weight excluding hydrogens is 380 g/mol. The van der Waals surface area contributed by atoms with E-state index >= 15 is 0 Å². The summed E-state index contributed by atoms with van der Waals surface area (Å²) in [7, 11) is 0. The molecule has 2 aromatic rings. The fourth-order valence-electron chi connectivity index (χ4n) is 2.11. The Morgan fingerprint density at radius 3 is 2.46 bits per heavy atom. The van der Waals surface area contributed by atoms with Crippen LogP contribution in [0.15, 0.2) is 53.7 Å². The Bertz CT molecular complexity index is 924. The molecule has 1 amide bonds. The van der Waals surface area contributed by atoms with Crippen LogP contribution >= 0.6 is 11.6 Å². The molecule has 0 unspecified atom stereocenters. The number of halogens is 1. The molecule has 0 heterocycles. The van der Waals surface area contributed by atoms with E-state index in [4.69, 9.17) is 17.3 Å². The van der Waals surface area contributed by atoms with Crippen molar-refractivity contribution in [3.8, 4) is 0 Å². The number of anilines is 1. The van der Waals surface area contributed by atoms with Crippen LogP contribution in [0.1, 0.15) is 35.3 Å². The molecule has 2 aromatic carbocycles. The summed E-state index contributed by atoms with van der Waals surface area (Å²) >= 11 is 5.80. The summed E-state index contributed by atoms with van der Waals surface area (Å²) in [6, 6.07) is 9.52. The molecule has 0 spiro atoms. The normalized spacial score (nSPS) is 11.0. The number of hydrogen-bond donors (Lipinski definition) is 2. The van der Waals surface area contributed by atoms with Crippen LogP contribution in [0.3, 0.4) is 0 Å². The molecule has 0 fully saturated rings. The SMILES string of the molecule is CC.Cc1ccc(N/C=C\C(N)=NC(=O)c2cc(Cl)ccc2[N+](=O)[O-])cc1C. The molecule has 0 aromatic heterocycles. The van der Waals surface area contributed by atoms with Crippen molar-refractivity contribution in [1.29, 1.82) is 0 Å². The molecule has 0 saturated heterocycles. The zero-order valence-corrected chi connectivity index (χ0v) is 16.9. The summed E-state index contributed by atoms with van der Waals surface area (Å²) < 4.78 is 0. The van der Waals surface area contributed by atoms with Crippen LogP contribution in [0.5, 0.6) is 0 Å². The van der Waals surface area contributed by atoms with E-state index in [2.05, 4.69) is 10.3 Å². The van der Waals surface area contributed by atoms with Crippen LogP contribution in [0.4, 0.5) is 11.4 Å². The van der Waals surface area contributed by atoms with E-state index < -0.39 is 10.8 Å². The number of nitrogens with two attached hydrogens (primary N) is 1. The highest BCUT2D eigenvalue weighted by Crippen LogP contribution is 2.23. The summed E-state index contributed by atoms with van der Waals surface area (Å²) in [4.78, 5) is 26.2. The molecule has 8 heteroatoms. The highest BCUT2D eigenvalue weighted by atomic mass is 35.5. The number of carbonyl (C=O) groups is 1. The first-order valence-corrected chi connectivity index (χ1v) is 8.98. The summed E-state index contributed by atoms with van der Waals surface area (Å²) in [5, 5.41) is 14.2. The van der Waals surface area contributed by atoms with Gasteiger partial charge in [-0.15, -0.1) is 0 Å². The van der Waals surface area contributed by atoms with Gasteiger partial charge in [0, 0.05) is 23.0 Å². The van der Waals surface area contributed by atoms with Gasteiger partial charge in [-0.3, -0.25) is 14.9 Å². The van der Waals surface area contributed by atoms with Gasteiger partial charge in [0.15, 0.2) is 0 Å². The molecule has 0 aliphatic rings. The molecule has 0 bridgehead atoms. The van der Waals surface area contributed by atoms with Gasteiger partial charge in [-0.25, -0.2) is 0 Å². The minimum Gasteiger partial charge on any atom is -0.384 e. The van der Waals surface area contributed by atoms with Gasteiger partial charge >= 0.3 is 0 Å². The second-order valence-electron chi connectivity index (χ2n) is 5.54. The first-order chi connectivity index (χ1) is 13.3. The number of amides is 1. The lowest BCUT2D eigenvalue weighted by Crippen LogP contribution is -2.12. The lowest BCUT2D eigenvalue weighted by Gasteiger charge is -2.04. The van der Waals surface area contributed by atoms with Gasteiger partial charge in [-0.1, -0.05) is 31.5 Å². The van der Waals surface area contributed by atoms with Crippen LogP contribution in [0.25, 0.3) is 0 Å². The third-order valence-corrected chi connectivity index (χ3v) is 3.86. The minimum atomic E-state index is -0.840. The fraction of sp³-hybridized carbons (Fsp3) is 0.200. The number of carbonyl (C=O) groups excluding carboxylic acids is 1. The maximum atomic E-state index is 12.2. The van der Waals surface area contributed by atoms with E-state index in [0.717, 1.165) is 17.3 Å². The first kappa shape index (κ1) is 22.9. The van der Waals surface area contributed by atoms with E-state index in [1.807, 2.05) is 45.9 Å². The van der Waals surface area contributed by atoms with Crippen LogP contribution in [0, 0.1) is 24.0 Å². The first-order valence-electron chi connectivity index (χ1n) is 8.60. The number of nitro groups is 1. The van der Waals surface area contributed by atoms with Crippen molar-refractivity contribution < 1.29 is 9.72 Å². The Morgan fingerprint density at radius 1 is 1.18 bits per heavy atom. The van der Waals surface area contributed by atoms with Crippen LogP contribution in [-0.2, 0) is 0 Å². The van der Waals surface area contributed by atoms with Crippen molar-refractivity contribution in [2.24, 2.45) is 10.7 Å². The largest absolute Gasteiger partial charge is 0.384 e. The van der Waals surface area contributed by atoms with Crippen LogP contribution in [-0.4, -0.2) is 16.7 Å². The predicted molar refractivity (Wildman–Crippen MR) is 114 cm³/mol. The quantitative estimate of drug-likeness (QED) is 0.316. The summed E-state index contributed by atoms with van der Waals surface area (Å²) in [5.74, 6) is -0.937. The zero-order chi connectivity index (χ0) is 21.3. The maximum absolute atomic E-state index is 12.2. The Morgan fingerprint density at radius 2 is 1.86 bits per heavy atom. The smallest absolute Gasteiger partial charge is 0.285 e. The fourth-order valence-corrected chi connectivity index (χ4v) is 2.28. The molecule has 148 valence electrons. The van der Waals surface area contributed by atoms with E-state index in [0.29, 0.717) is 0 Å². The number of amidine groups is 1. The minimum absolute atomic E-state index is 0.0967. The van der Waals surface area contributed by atoms with Crippen molar-refractivity contribution >= 4 is 34.7 Å². The second kappa shape index (κ2) is 10.8. The van der Waals surface area contributed by atoms with Crippen molar-refractivity contribution in [3.05, 3.63) is 80.5 Å². The van der Waals surface area contributed by atoms with E-state index in [-0.39, 0.29) is 22.1 Å². The Labute approximate surface area is 169 Å². The van der Waals surface area contributed by atoms with Gasteiger partial charge < -0.3 is 11.1 Å². The standard InChI is InChI=1S/C18H17ClN4O3.C2H6/c1-11-3-5-14(9-12(11)2)21-8-7-17(20)22-18(24)15-10-13(19)4-6-16(15)23(25)26;1-2/h3-10,21H,1-2H3,(H2,20,22,24);1-2H3/b8-7-;. The third-order valence-electron chi connectivity index (χ3n) is 3.63. The maximum Gasteiger partial charge on any atom is 0.285 e. The molecule has 0 radical (unpaired) electrons. The number of rotatable bonds is 5. The number of hydrogen-bond acceptors (Lipinski definition) is 4. The van der Waals surface area contributed by atoms with Crippen molar-refractivity contribution in [1.82, 2.24) is 0 Å². The molecule has 0 saturated carbocycles. The Kier molecular flexibility index (Phi) is 8.84. The third kappa shape index (κ3) is 6.51. The van der Waals surface area contributed by atoms with Gasteiger partial charge in [-0.05, 0) is 55.3 Å². The van der Waals surface area contributed by atoms with Crippen LogP contribution in [0.2, 0.25) is 5.02 Å². The van der Waals surface area contributed by atoms with Crippen molar-refractivity contribution in [2.75, 3.05) is 5.32 Å². The molecule has 3 N–H and O–H groups in total. The van der Waals surface area contributed by atoms with Gasteiger partial charge in [-0.2, -0.15) is 4.99 Å². The molecule has 0 atom stereocenters. The lowest BCUT2D eigenvalue weighted by molar-refractivity contribution is -0.385. The highest BCUT2D eigenvalue weighted by Gasteiger charge is 2.20. The molecular formula is C20H23ClN4O3. The average molecular weight is 403 g/mol. The highest BCUT2D eigenvalue weighted by molar-refractivity contribution is 6.31. The Hall–Kier alpha value is -3.19. The number of nitro benzene ring substituents is 1. The predicted octanol–water partition coefficient (Wildman–Crippen LogP) is 5.01. The van der Waals surface area contributed by atoms with Gasteiger partial charge in [0.05, 0.1) is 4.92 Å². The molecule has 7 nitrogen and oxygen atoms in total. The van der Waals surface area contributed by atoms with Crippen molar-refractivity contribution in [3.63, 3.8) is 0 Å². The summed E-state index contributed by atoms with van der Waals surface area (Å²) in [6.45, 7) is 8.01. The number of aliphatic imine (C=N–C) groups is 1. The van der Waals surface area contributed by atoms with Gasteiger partial charge in [0.1, 0.15) is 11.4 Å². The number of benzene rings is 2. The average Bonchev–Trinajstić information content (AvgIpc) is 2.66. The number of aryl methyl sites for hydroxylation is 2. The zero-order valence-electron chi connectivity index (χ0n) is 16.2. The molecule has 2 rings (SSSR count). The summed E-state index contributed by atoms with van der Waals surface area (Å²) in [6.07, 6.45) is 2.92. The number of nitrogens with one attached hydrogen (secondary N) is 1. The Balaban J connectivity index is 0.00000190. The lowest BCUT2D eigenvalue weighted by atomic mass is 10.1. The van der Waals surface area contributed by atoms with Gasteiger partial charge in [0.25, 0.3) is 11.6 Å². The van der Waals surface area contributed by atoms with Crippen LogP contribution < -0.4 is 11.1 Å². The topological polar surface area (TPSA) is 111 Å². The summed E-state index contributed by atoms with van der Waals surface area (Å²) in [5.41, 5.74) is 8.25. The molecule has 0 aliphatic carbocycles. The van der Waals surface area contributed by atoms with Crippen molar-refractivity contribution in [2.45, 2.75) is 27.7 Å². The van der Waals surface area contributed by atoms with E-state index in [9.17, 15) is 14.9 Å². The monoisotopic (exact) mass is 402 g/mol. The number of nitrogens with zero attached hydrogens (tertiary/aromatic N) is 2. The van der Waals surface area contributed by atoms with E-state index in [1.54, 1.807) is 0 Å².